The van der Waals surface area contributed by atoms with Crippen LogP contribution in [0.1, 0.15) is 35.1 Å². The van der Waals surface area contributed by atoms with Crippen molar-refractivity contribution in [2.45, 2.75) is 26.8 Å². The summed E-state index contributed by atoms with van der Waals surface area (Å²) in [6.07, 6.45) is 4.20. The number of aryl methyl sites for hydroxylation is 1. The zero-order valence-corrected chi connectivity index (χ0v) is 9.30. The zero-order chi connectivity index (χ0) is 11.5. The minimum atomic E-state index is 0.147. The van der Waals surface area contributed by atoms with Crippen LogP contribution in [0.3, 0.4) is 0 Å². The average Bonchev–Trinajstić information content (AvgIpc) is 2.89. The second-order valence-electron chi connectivity index (χ2n) is 3.65. The Kier molecular flexibility index (Phi) is 2.85. The monoisotopic (exact) mass is 219 g/mol. The number of carbonyl (C=O) groups excluding carboxylic acids is 1. The Morgan fingerprint density at radius 3 is 2.94 bits per heavy atom. The first-order chi connectivity index (χ1) is 7.70. The van der Waals surface area contributed by atoms with Crippen LogP contribution >= 0.6 is 0 Å². The molecule has 0 N–H and O–H groups in total. The topological polar surface area (TPSA) is 60.9 Å². The van der Waals surface area contributed by atoms with Gasteiger partial charge in [0.2, 0.25) is 0 Å². The summed E-state index contributed by atoms with van der Waals surface area (Å²) in [6, 6.07) is 1.81. The summed E-state index contributed by atoms with van der Waals surface area (Å²) < 4.78 is 6.51. The zero-order valence-electron chi connectivity index (χ0n) is 9.30. The molecule has 2 rings (SSSR count). The fourth-order valence-corrected chi connectivity index (χ4v) is 1.47. The smallest absolute Gasteiger partial charge is 0.164 e. The molecular formula is C11H13N3O2. The van der Waals surface area contributed by atoms with E-state index in [1.807, 2.05) is 36.9 Å². The summed E-state index contributed by atoms with van der Waals surface area (Å²) in [7, 11) is 0. The van der Waals surface area contributed by atoms with Crippen LogP contribution in [0.2, 0.25) is 0 Å². The van der Waals surface area contributed by atoms with Crippen LogP contribution in [-0.2, 0) is 6.54 Å². The van der Waals surface area contributed by atoms with Crippen molar-refractivity contribution in [2.75, 3.05) is 0 Å². The number of hydrogen-bond donors (Lipinski definition) is 0. The van der Waals surface area contributed by atoms with Gasteiger partial charge in [-0.15, -0.1) is 0 Å². The highest BCUT2D eigenvalue weighted by molar-refractivity contribution is 5.95. The molecule has 5 heteroatoms. The van der Waals surface area contributed by atoms with Gasteiger partial charge < -0.3 is 4.57 Å². The maximum Gasteiger partial charge on any atom is 0.164 e. The van der Waals surface area contributed by atoms with Crippen LogP contribution in [0, 0.1) is 6.92 Å². The normalized spacial score (nSPS) is 10.6. The first-order valence-electron chi connectivity index (χ1n) is 5.17. The van der Waals surface area contributed by atoms with Gasteiger partial charge in [0.05, 0.1) is 6.54 Å². The summed E-state index contributed by atoms with van der Waals surface area (Å²) in [5.41, 5.74) is 2.29. The van der Waals surface area contributed by atoms with Crippen LogP contribution < -0.4 is 0 Å². The van der Waals surface area contributed by atoms with Crippen LogP contribution in [0.5, 0.6) is 0 Å². The molecule has 0 spiro atoms. The van der Waals surface area contributed by atoms with Gasteiger partial charge in [0.25, 0.3) is 0 Å². The summed E-state index contributed by atoms with van der Waals surface area (Å²) in [4.78, 5) is 11.4. The lowest BCUT2D eigenvalue weighted by molar-refractivity contribution is 0.0988. The highest BCUT2D eigenvalue weighted by Crippen LogP contribution is 2.08. The molecule has 0 aromatic carbocycles. The molecule has 2 heterocycles. The molecule has 0 fully saturated rings. The third kappa shape index (κ3) is 2.03. The van der Waals surface area contributed by atoms with E-state index in [-0.39, 0.29) is 5.78 Å². The van der Waals surface area contributed by atoms with E-state index >= 15 is 0 Å². The standard InChI is InChI=1S/C11H13N3O2/c1-3-11(15)9-4-5-14(6-9)7-10-8(2)12-16-13-10/h4-6H,3,7H2,1-2H3. The molecule has 16 heavy (non-hydrogen) atoms. The van der Waals surface area contributed by atoms with Crippen molar-refractivity contribution in [2.24, 2.45) is 0 Å². The molecule has 0 unspecified atom stereocenters. The highest BCUT2D eigenvalue weighted by atomic mass is 16.6. The molecule has 0 radical (unpaired) electrons. The fraction of sp³-hybridized carbons (Fsp3) is 0.364. The maximum absolute atomic E-state index is 11.4. The van der Waals surface area contributed by atoms with Crippen LogP contribution in [0.4, 0.5) is 0 Å². The summed E-state index contributed by atoms with van der Waals surface area (Å²) in [5, 5.41) is 7.50. The Morgan fingerprint density at radius 1 is 1.50 bits per heavy atom. The molecule has 0 saturated carbocycles. The van der Waals surface area contributed by atoms with Crippen molar-refractivity contribution in [3.8, 4) is 0 Å². The second kappa shape index (κ2) is 4.30. The molecule has 0 aliphatic rings. The van der Waals surface area contributed by atoms with Gasteiger partial charge in [-0.3, -0.25) is 4.79 Å². The van der Waals surface area contributed by atoms with Gasteiger partial charge in [-0.1, -0.05) is 17.2 Å². The van der Waals surface area contributed by atoms with Crippen molar-refractivity contribution in [1.82, 2.24) is 14.9 Å². The van der Waals surface area contributed by atoms with Crippen molar-refractivity contribution in [1.29, 1.82) is 0 Å². The number of aromatic nitrogens is 3. The van der Waals surface area contributed by atoms with Gasteiger partial charge in [-0.25, -0.2) is 4.63 Å². The van der Waals surface area contributed by atoms with Gasteiger partial charge in [-0.2, -0.15) is 0 Å². The molecule has 0 aliphatic carbocycles. The molecule has 0 saturated heterocycles. The lowest BCUT2D eigenvalue weighted by Crippen LogP contribution is -1.99. The highest BCUT2D eigenvalue weighted by Gasteiger charge is 2.08. The third-order valence-corrected chi connectivity index (χ3v) is 2.47. The van der Waals surface area contributed by atoms with Crippen LogP contribution in [-0.4, -0.2) is 20.7 Å². The molecule has 5 nitrogen and oxygen atoms in total. The Balaban J connectivity index is 2.14. The number of hydrogen-bond acceptors (Lipinski definition) is 4. The number of Topliss-reactive ketones (excluding diaryl/α,β-unsaturated/α-hetero) is 1. The Labute approximate surface area is 93.0 Å². The lowest BCUT2D eigenvalue weighted by Gasteiger charge is -1.98. The summed E-state index contributed by atoms with van der Waals surface area (Å²) >= 11 is 0. The van der Waals surface area contributed by atoms with Crippen molar-refractivity contribution >= 4 is 5.78 Å². The van der Waals surface area contributed by atoms with Crippen molar-refractivity contribution < 1.29 is 9.42 Å². The van der Waals surface area contributed by atoms with Gasteiger partial charge in [-0.05, 0) is 13.0 Å². The first kappa shape index (κ1) is 10.6. The first-order valence-corrected chi connectivity index (χ1v) is 5.17. The minimum absolute atomic E-state index is 0.147. The quantitative estimate of drug-likeness (QED) is 0.736. The third-order valence-electron chi connectivity index (χ3n) is 2.47. The van der Waals surface area contributed by atoms with E-state index in [1.165, 1.54) is 0 Å². The number of rotatable bonds is 4. The molecule has 2 aromatic heterocycles. The van der Waals surface area contributed by atoms with E-state index in [1.54, 1.807) is 0 Å². The van der Waals surface area contributed by atoms with Gasteiger partial charge in [0.15, 0.2) is 5.78 Å². The summed E-state index contributed by atoms with van der Waals surface area (Å²) in [5.74, 6) is 0.147. The van der Waals surface area contributed by atoms with Crippen LogP contribution in [0.15, 0.2) is 23.1 Å². The molecule has 84 valence electrons. The molecule has 0 amide bonds. The van der Waals surface area contributed by atoms with E-state index in [2.05, 4.69) is 14.9 Å². The molecule has 0 aliphatic heterocycles. The SMILES string of the molecule is CCC(=O)c1ccn(Cc2nonc2C)c1. The van der Waals surface area contributed by atoms with Gasteiger partial charge in [0.1, 0.15) is 11.4 Å². The minimum Gasteiger partial charge on any atom is -0.347 e. The predicted octanol–water partition coefficient (Wildman–Crippen LogP) is 1.82. The van der Waals surface area contributed by atoms with E-state index < -0.39 is 0 Å². The van der Waals surface area contributed by atoms with Crippen LogP contribution in [0.25, 0.3) is 0 Å². The van der Waals surface area contributed by atoms with E-state index in [4.69, 9.17) is 0 Å². The van der Waals surface area contributed by atoms with Crippen molar-refractivity contribution in [3.63, 3.8) is 0 Å². The lowest BCUT2D eigenvalue weighted by atomic mass is 10.2. The van der Waals surface area contributed by atoms with Gasteiger partial charge >= 0.3 is 0 Å². The second-order valence-corrected chi connectivity index (χ2v) is 3.65. The number of nitrogens with zero attached hydrogens (tertiary/aromatic N) is 3. The largest absolute Gasteiger partial charge is 0.347 e. The number of ketones is 1. The van der Waals surface area contributed by atoms with Crippen molar-refractivity contribution in [3.05, 3.63) is 35.4 Å². The molecule has 0 atom stereocenters. The molecule has 2 aromatic rings. The van der Waals surface area contributed by atoms with E-state index in [0.717, 1.165) is 17.0 Å². The maximum atomic E-state index is 11.4. The average molecular weight is 219 g/mol. The summed E-state index contributed by atoms with van der Waals surface area (Å²) in [6.45, 7) is 4.27. The Bertz CT molecular complexity index is 499. The number of carbonyl (C=O) groups is 1. The predicted molar refractivity (Wildman–Crippen MR) is 57.2 cm³/mol. The molecule has 0 bridgehead atoms. The molecular weight excluding hydrogens is 206 g/mol. The fourth-order valence-electron chi connectivity index (χ4n) is 1.47. The van der Waals surface area contributed by atoms with E-state index in [0.29, 0.717) is 13.0 Å². The van der Waals surface area contributed by atoms with Gasteiger partial charge in [0, 0.05) is 24.4 Å². The Hall–Kier alpha value is -1.91. The Morgan fingerprint density at radius 2 is 2.31 bits per heavy atom. The van der Waals surface area contributed by atoms with E-state index in [9.17, 15) is 4.79 Å².